The molecule has 0 bridgehead atoms. The molecule has 0 saturated carbocycles. The van der Waals surface area contributed by atoms with Gasteiger partial charge in [0.1, 0.15) is 11.5 Å². The van der Waals surface area contributed by atoms with Gasteiger partial charge in [0.05, 0.1) is 13.0 Å². The van der Waals surface area contributed by atoms with E-state index in [9.17, 15) is 14.4 Å². The highest BCUT2D eigenvalue weighted by Gasteiger charge is 2.46. The van der Waals surface area contributed by atoms with E-state index in [4.69, 9.17) is 9.47 Å². The normalized spacial score (nSPS) is 29.5. The Kier molecular flexibility index (Phi) is 4.71. The quantitative estimate of drug-likeness (QED) is 0.562. The minimum Gasteiger partial charge on any atom is -0.468 e. The van der Waals surface area contributed by atoms with Gasteiger partial charge in [0.2, 0.25) is 0 Å². The molecule has 1 heterocycles. The summed E-state index contributed by atoms with van der Waals surface area (Å²) in [7, 11) is 1.26. The predicted molar refractivity (Wildman–Crippen MR) is 68.2 cm³/mol. The van der Waals surface area contributed by atoms with Crippen LogP contribution in [0, 0.1) is 17.3 Å². The fourth-order valence-corrected chi connectivity index (χ4v) is 2.29. The van der Waals surface area contributed by atoms with E-state index in [1.165, 1.54) is 7.11 Å². The number of ether oxygens (including phenoxy) is 2. The van der Waals surface area contributed by atoms with Crippen molar-refractivity contribution in [3.05, 3.63) is 0 Å². The SMILES string of the molecule is CCC(C)(C(=O)CC1C(=O)OC(C)C1C)C(=O)OC. The van der Waals surface area contributed by atoms with Crippen LogP contribution in [-0.2, 0) is 23.9 Å². The van der Waals surface area contributed by atoms with Gasteiger partial charge in [0, 0.05) is 12.3 Å². The molecule has 19 heavy (non-hydrogen) atoms. The summed E-state index contributed by atoms with van der Waals surface area (Å²) in [6.07, 6.45) is 0.199. The predicted octanol–water partition coefficient (Wildman–Crippen LogP) is 1.73. The van der Waals surface area contributed by atoms with E-state index in [-0.39, 0.29) is 30.2 Å². The molecule has 0 spiro atoms. The molecular formula is C14H22O5. The Balaban J connectivity index is 2.84. The largest absolute Gasteiger partial charge is 0.468 e. The second kappa shape index (κ2) is 5.72. The molecule has 108 valence electrons. The van der Waals surface area contributed by atoms with Crippen molar-refractivity contribution < 1.29 is 23.9 Å². The Hall–Kier alpha value is -1.39. The first kappa shape index (κ1) is 15.7. The van der Waals surface area contributed by atoms with Crippen molar-refractivity contribution in [2.24, 2.45) is 17.3 Å². The van der Waals surface area contributed by atoms with Crippen molar-refractivity contribution in [3.63, 3.8) is 0 Å². The Bertz CT molecular complexity index is 389. The lowest BCUT2D eigenvalue weighted by atomic mass is 9.77. The number of esters is 2. The summed E-state index contributed by atoms with van der Waals surface area (Å²) < 4.78 is 9.80. The lowest BCUT2D eigenvalue weighted by molar-refractivity contribution is -0.158. The maximum absolute atomic E-state index is 12.3. The van der Waals surface area contributed by atoms with Crippen molar-refractivity contribution in [2.45, 2.75) is 46.6 Å². The van der Waals surface area contributed by atoms with Crippen molar-refractivity contribution in [3.8, 4) is 0 Å². The van der Waals surface area contributed by atoms with Crippen LogP contribution in [0.25, 0.3) is 0 Å². The van der Waals surface area contributed by atoms with Crippen LogP contribution < -0.4 is 0 Å². The number of cyclic esters (lactones) is 1. The molecule has 0 radical (unpaired) electrons. The first-order chi connectivity index (χ1) is 8.77. The standard InChI is InChI=1S/C14H22O5/c1-6-14(4,13(17)18-5)11(15)7-10-8(2)9(3)19-12(10)16/h8-10H,6-7H2,1-5H3. The van der Waals surface area contributed by atoms with Crippen LogP contribution in [0.5, 0.6) is 0 Å². The Morgan fingerprint density at radius 3 is 2.32 bits per heavy atom. The molecular weight excluding hydrogens is 248 g/mol. The van der Waals surface area contributed by atoms with Crippen LogP contribution in [0.1, 0.15) is 40.5 Å². The molecule has 0 aromatic carbocycles. The number of Topliss-reactive ketones (excluding diaryl/α,β-unsaturated/α-hetero) is 1. The van der Waals surface area contributed by atoms with Gasteiger partial charge in [-0.25, -0.2) is 0 Å². The molecule has 4 unspecified atom stereocenters. The van der Waals surface area contributed by atoms with Gasteiger partial charge >= 0.3 is 11.9 Å². The molecule has 5 heteroatoms. The molecule has 1 fully saturated rings. The monoisotopic (exact) mass is 270 g/mol. The number of ketones is 1. The molecule has 0 aromatic heterocycles. The first-order valence-electron chi connectivity index (χ1n) is 6.60. The van der Waals surface area contributed by atoms with Gasteiger partial charge in [-0.3, -0.25) is 14.4 Å². The van der Waals surface area contributed by atoms with Gasteiger partial charge in [-0.2, -0.15) is 0 Å². The molecule has 5 nitrogen and oxygen atoms in total. The van der Waals surface area contributed by atoms with Crippen LogP contribution in [0.2, 0.25) is 0 Å². The maximum Gasteiger partial charge on any atom is 0.319 e. The molecule has 0 aliphatic carbocycles. The zero-order valence-electron chi connectivity index (χ0n) is 12.2. The summed E-state index contributed by atoms with van der Waals surface area (Å²) in [6.45, 7) is 7.02. The summed E-state index contributed by atoms with van der Waals surface area (Å²) in [5.41, 5.74) is -1.18. The van der Waals surface area contributed by atoms with E-state index >= 15 is 0 Å². The highest BCUT2D eigenvalue weighted by Crippen LogP contribution is 2.34. The minimum atomic E-state index is -1.18. The van der Waals surface area contributed by atoms with E-state index in [2.05, 4.69) is 0 Å². The fourth-order valence-electron chi connectivity index (χ4n) is 2.29. The van der Waals surface area contributed by atoms with Crippen molar-refractivity contribution in [1.82, 2.24) is 0 Å². The maximum atomic E-state index is 12.3. The number of carbonyl (C=O) groups excluding carboxylic acids is 3. The summed E-state index contributed by atoms with van der Waals surface area (Å²) >= 11 is 0. The van der Waals surface area contributed by atoms with E-state index < -0.39 is 17.3 Å². The molecule has 1 aliphatic rings. The molecule has 1 saturated heterocycles. The van der Waals surface area contributed by atoms with E-state index in [0.29, 0.717) is 6.42 Å². The number of hydrogen-bond donors (Lipinski definition) is 0. The van der Waals surface area contributed by atoms with Crippen molar-refractivity contribution in [2.75, 3.05) is 7.11 Å². The van der Waals surface area contributed by atoms with Crippen LogP contribution >= 0.6 is 0 Å². The van der Waals surface area contributed by atoms with Gasteiger partial charge in [0.15, 0.2) is 5.78 Å². The molecule has 0 N–H and O–H groups in total. The van der Waals surface area contributed by atoms with Gasteiger partial charge in [0.25, 0.3) is 0 Å². The highest BCUT2D eigenvalue weighted by molar-refractivity contribution is 6.04. The highest BCUT2D eigenvalue weighted by atomic mass is 16.6. The summed E-state index contributed by atoms with van der Waals surface area (Å²) in [5, 5.41) is 0. The van der Waals surface area contributed by atoms with Gasteiger partial charge < -0.3 is 9.47 Å². The third-order valence-corrected chi connectivity index (χ3v) is 4.34. The first-order valence-corrected chi connectivity index (χ1v) is 6.60. The lowest BCUT2D eigenvalue weighted by Gasteiger charge is -2.25. The molecule has 1 aliphatic heterocycles. The van der Waals surface area contributed by atoms with Gasteiger partial charge in [-0.1, -0.05) is 13.8 Å². The average Bonchev–Trinajstić information content (AvgIpc) is 2.63. The minimum absolute atomic E-state index is 0.0183. The molecule has 4 atom stereocenters. The van der Waals surface area contributed by atoms with Gasteiger partial charge in [-0.05, 0) is 20.3 Å². The number of rotatable bonds is 5. The van der Waals surface area contributed by atoms with E-state index in [1.807, 2.05) is 13.8 Å². The number of carbonyl (C=O) groups is 3. The van der Waals surface area contributed by atoms with Crippen LogP contribution in [-0.4, -0.2) is 30.9 Å². The third kappa shape index (κ3) is 2.80. The second-order valence-electron chi connectivity index (χ2n) is 5.41. The van der Waals surface area contributed by atoms with Crippen molar-refractivity contribution in [1.29, 1.82) is 0 Å². The van der Waals surface area contributed by atoms with Crippen LogP contribution in [0.15, 0.2) is 0 Å². The third-order valence-electron chi connectivity index (χ3n) is 4.34. The van der Waals surface area contributed by atoms with Crippen molar-refractivity contribution >= 4 is 17.7 Å². The zero-order chi connectivity index (χ0) is 14.8. The summed E-state index contributed by atoms with van der Waals surface area (Å²) in [5.74, 6) is -1.64. The molecule has 0 aromatic rings. The zero-order valence-corrected chi connectivity index (χ0v) is 12.2. The Labute approximate surface area is 113 Å². The fraction of sp³-hybridized carbons (Fsp3) is 0.786. The van der Waals surface area contributed by atoms with E-state index in [0.717, 1.165) is 0 Å². The molecule has 0 amide bonds. The second-order valence-corrected chi connectivity index (χ2v) is 5.41. The topological polar surface area (TPSA) is 69.7 Å². The lowest BCUT2D eigenvalue weighted by Crippen LogP contribution is -2.39. The Morgan fingerprint density at radius 1 is 1.37 bits per heavy atom. The number of methoxy groups -OCH3 is 1. The molecule has 1 rings (SSSR count). The summed E-state index contributed by atoms with van der Waals surface area (Å²) in [6, 6.07) is 0. The summed E-state index contributed by atoms with van der Waals surface area (Å²) in [4.78, 5) is 35.8. The van der Waals surface area contributed by atoms with Gasteiger partial charge in [-0.15, -0.1) is 0 Å². The average molecular weight is 270 g/mol. The smallest absolute Gasteiger partial charge is 0.319 e. The van der Waals surface area contributed by atoms with Crippen LogP contribution in [0.3, 0.4) is 0 Å². The van der Waals surface area contributed by atoms with E-state index in [1.54, 1.807) is 13.8 Å². The Morgan fingerprint density at radius 2 is 1.95 bits per heavy atom. The number of hydrogen-bond acceptors (Lipinski definition) is 5. The van der Waals surface area contributed by atoms with Crippen LogP contribution in [0.4, 0.5) is 0 Å².